The van der Waals surface area contributed by atoms with Gasteiger partial charge in [-0.15, -0.1) is 0 Å². The molecule has 5 nitrogen and oxygen atoms in total. The molecule has 0 aliphatic rings. The topological polar surface area (TPSA) is 71.5 Å². The molecule has 0 atom stereocenters. The molecule has 6 heteroatoms. The van der Waals surface area contributed by atoms with E-state index in [4.69, 9.17) is 16.0 Å². The monoisotopic (exact) mass is 377 g/mol. The van der Waals surface area contributed by atoms with E-state index in [-0.39, 0.29) is 5.75 Å². The van der Waals surface area contributed by atoms with E-state index in [9.17, 15) is 5.11 Å². The molecule has 4 rings (SSSR count). The summed E-state index contributed by atoms with van der Waals surface area (Å²) in [5, 5.41) is 10.8. The summed E-state index contributed by atoms with van der Waals surface area (Å²) in [5.41, 5.74) is 5.05. The summed E-state index contributed by atoms with van der Waals surface area (Å²) in [4.78, 5) is 13.0. The van der Waals surface area contributed by atoms with Crippen LogP contribution in [-0.2, 0) is 0 Å². The van der Waals surface area contributed by atoms with Crippen LogP contribution in [0.4, 0.5) is 5.69 Å². The third-order valence-corrected chi connectivity index (χ3v) is 4.91. The zero-order valence-corrected chi connectivity index (χ0v) is 15.5. The lowest BCUT2D eigenvalue weighted by molar-refractivity contribution is 0.473. The van der Waals surface area contributed by atoms with Crippen LogP contribution >= 0.6 is 11.6 Å². The van der Waals surface area contributed by atoms with Crippen molar-refractivity contribution >= 4 is 34.7 Å². The summed E-state index contributed by atoms with van der Waals surface area (Å²) in [6.07, 6.45) is 3.30. The van der Waals surface area contributed by atoms with Gasteiger partial charge in [0.15, 0.2) is 11.2 Å². The van der Waals surface area contributed by atoms with Crippen molar-refractivity contribution in [1.29, 1.82) is 0 Å². The molecule has 0 aliphatic heterocycles. The fraction of sp³-hybridized carbons (Fsp3) is 0.0952. The predicted molar refractivity (Wildman–Crippen MR) is 107 cm³/mol. The van der Waals surface area contributed by atoms with Crippen LogP contribution in [0.15, 0.2) is 58.1 Å². The maximum absolute atomic E-state index is 10.2. The molecule has 0 saturated carbocycles. The number of aliphatic imine (C=N–C) groups is 1. The minimum absolute atomic E-state index is 0.161. The van der Waals surface area contributed by atoms with E-state index in [2.05, 4.69) is 15.0 Å². The summed E-state index contributed by atoms with van der Waals surface area (Å²) in [7, 11) is 0. The first-order valence-corrected chi connectivity index (χ1v) is 8.75. The van der Waals surface area contributed by atoms with Gasteiger partial charge in [-0.1, -0.05) is 11.6 Å². The number of aryl methyl sites for hydroxylation is 1. The van der Waals surface area contributed by atoms with Crippen molar-refractivity contribution in [2.45, 2.75) is 13.8 Å². The molecule has 2 aromatic carbocycles. The number of oxazole rings is 1. The van der Waals surface area contributed by atoms with Crippen LogP contribution in [0.5, 0.6) is 5.75 Å². The Kier molecular flexibility index (Phi) is 4.38. The molecule has 1 N–H and O–H groups in total. The van der Waals surface area contributed by atoms with Crippen molar-refractivity contribution in [2.24, 2.45) is 4.99 Å². The van der Waals surface area contributed by atoms with Crippen LogP contribution in [0, 0.1) is 13.8 Å². The highest BCUT2D eigenvalue weighted by Crippen LogP contribution is 2.30. The molecule has 0 saturated heterocycles. The predicted octanol–water partition coefficient (Wildman–Crippen LogP) is 5.62. The average Bonchev–Trinajstić information content (AvgIpc) is 3.11. The number of nitrogens with zero attached hydrogens (tertiary/aromatic N) is 3. The van der Waals surface area contributed by atoms with Crippen molar-refractivity contribution in [1.82, 2.24) is 9.97 Å². The first-order valence-electron chi connectivity index (χ1n) is 8.37. The Labute approximate surface area is 161 Å². The third kappa shape index (κ3) is 3.29. The Balaban J connectivity index is 1.61. The number of phenolic OH excluding ortho intramolecular Hbond substituents is 1. The summed E-state index contributed by atoms with van der Waals surface area (Å²) in [6.45, 7) is 3.72. The Morgan fingerprint density at radius 1 is 1.15 bits per heavy atom. The maximum Gasteiger partial charge on any atom is 0.228 e. The fourth-order valence-electron chi connectivity index (χ4n) is 2.84. The number of pyridine rings is 1. The molecule has 0 bridgehead atoms. The van der Waals surface area contributed by atoms with E-state index in [1.54, 1.807) is 18.5 Å². The zero-order valence-electron chi connectivity index (χ0n) is 14.8. The van der Waals surface area contributed by atoms with E-state index in [1.807, 2.05) is 50.2 Å². The third-order valence-electron chi connectivity index (χ3n) is 4.33. The molecule has 0 spiro atoms. The van der Waals surface area contributed by atoms with Gasteiger partial charge in [0.1, 0.15) is 5.75 Å². The standard InChI is InChI=1S/C21H16ClN3O2/c1-12-10-17(26)16(13(2)19(12)22)11-24-15-7-5-14(6-8-15)21-25-20-18(27-21)4-3-9-23-20/h3-11,26H,1-2H3. The second-order valence-electron chi connectivity index (χ2n) is 6.21. The molecule has 0 aliphatic carbocycles. The molecule has 0 radical (unpaired) electrons. The van der Waals surface area contributed by atoms with Crippen molar-refractivity contribution in [3.8, 4) is 17.2 Å². The van der Waals surface area contributed by atoms with Gasteiger partial charge in [-0.2, -0.15) is 4.98 Å². The Morgan fingerprint density at radius 3 is 2.67 bits per heavy atom. The summed E-state index contributed by atoms with van der Waals surface area (Å²) >= 11 is 6.26. The van der Waals surface area contributed by atoms with Crippen LogP contribution in [0.1, 0.15) is 16.7 Å². The maximum atomic E-state index is 10.2. The minimum Gasteiger partial charge on any atom is -0.507 e. The van der Waals surface area contributed by atoms with Crippen LogP contribution in [0.2, 0.25) is 5.02 Å². The molecule has 2 heterocycles. The lowest BCUT2D eigenvalue weighted by Crippen LogP contribution is -1.92. The van der Waals surface area contributed by atoms with E-state index < -0.39 is 0 Å². The van der Waals surface area contributed by atoms with Gasteiger partial charge in [-0.3, -0.25) is 4.99 Å². The number of benzene rings is 2. The van der Waals surface area contributed by atoms with Gasteiger partial charge in [0.05, 0.1) is 5.69 Å². The quantitative estimate of drug-likeness (QED) is 0.470. The Bertz CT molecular complexity index is 1130. The van der Waals surface area contributed by atoms with Gasteiger partial charge in [-0.05, 0) is 67.4 Å². The van der Waals surface area contributed by atoms with Gasteiger partial charge in [0.25, 0.3) is 0 Å². The molecular weight excluding hydrogens is 362 g/mol. The van der Waals surface area contributed by atoms with E-state index in [0.717, 1.165) is 22.4 Å². The fourth-order valence-corrected chi connectivity index (χ4v) is 2.99. The van der Waals surface area contributed by atoms with Gasteiger partial charge in [0.2, 0.25) is 5.89 Å². The largest absolute Gasteiger partial charge is 0.507 e. The molecule has 27 heavy (non-hydrogen) atoms. The number of hydrogen-bond donors (Lipinski definition) is 1. The van der Waals surface area contributed by atoms with Crippen LogP contribution in [0.25, 0.3) is 22.7 Å². The van der Waals surface area contributed by atoms with E-state index >= 15 is 0 Å². The second-order valence-corrected chi connectivity index (χ2v) is 6.59. The SMILES string of the molecule is Cc1cc(O)c(C=Nc2ccc(-c3nc4ncccc4o3)cc2)c(C)c1Cl. The number of fused-ring (bicyclic) bond motifs is 1. The Hall–Kier alpha value is -3.18. The minimum atomic E-state index is 0.161. The zero-order chi connectivity index (χ0) is 19.0. The van der Waals surface area contributed by atoms with E-state index in [0.29, 0.717) is 27.7 Å². The summed E-state index contributed by atoms with van der Waals surface area (Å²) < 4.78 is 5.72. The van der Waals surface area contributed by atoms with E-state index in [1.165, 1.54) is 0 Å². The van der Waals surface area contributed by atoms with Gasteiger partial charge in [0, 0.05) is 28.6 Å². The van der Waals surface area contributed by atoms with Crippen molar-refractivity contribution in [2.75, 3.05) is 0 Å². The highest BCUT2D eigenvalue weighted by atomic mass is 35.5. The van der Waals surface area contributed by atoms with Gasteiger partial charge in [-0.25, -0.2) is 4.98 Å². The normalized spacial score (nSPS) is 11.5. The summed E-state index contributed by atoms with van der Waals surface area (Å²) in [6, 6.07) is 12.8. The van der Waals surface area contributed by atoms with Crippen molar-refractivity contribution in [3.05, 3.63) is 70.4 Å². The molecule has 0 amide bonds. The second kappa shape index (κ2) is 6.85. The van der Waals surface area contributed by atoms with Crippen LogP contribution in [-0.4, -0.2) is 21.3 Å². The number of hydrogen-bond acceptors (Lipinski definition) is 5. The number of aromatic nitrogens is 2. The van der Waals surface area contributed by atoms with Gasteiger partial charge >= 0.3 is 0 Å². The first kappa shape index (κ1) is 17.2. The molecule has 134 valence electrons. The van der Waals surface area contributed by atoms with Crippen LogP contribution in [0.3, 0.4) is 0 Å². The number of phenols is 1. The van der Waals surface area contributed by atoms with Crippen molar-refractivity contribution < 1.29 is 9.52 Å². The molecular formula is C21H16ClN3O2. The number of aromatic hydroxyl groups is 1. The highest BCUT2D eigenvalue weighted by Gasteiger charge is 2.10. The van der Waals surface area contributed by atoms with Crippen LogP contribution < -0.4 is 0 Å². The first-order chi connectivity index (χ1) is 13.0. The molecule has 4 aromatic rings. The molecule has 0 fully saturated rings. The smallest absolute Gasteiger partial charge is 0.228 e. The summed E-state index contributed by atoms with van der Waals surface area (Å²) in [5.74, 6) is 0.673. The number of rotatable bonds is 3. The lowest BCUT2D eigenvalue weighted by atomic mass is 10.0. The van der Waals surface area contributed by atoms with Gasteiger partial charge < -0.3 is 9.52 Å². The Morgan fingerprint density at radius 2 is 1.93 bits per heavy atom. The lowest BCUT2D eigenvalue weighted by Gasteiger charge is -2.08. The number of halogens is 1. The molecule has 2 aromatic heterocycles. The molecule has 0 unspecified atom stereocenters. The average molecular weight is 378 g/mol. The highest BCUT2D eigenvalue weighted by molar-refractivity contribution is 6.32. The van der Waals surface area contributed by atoms with Crippen molar-refractivity contribution in [3.63, 3.8) is 0 Å².